The van der Waals surface area contributed by atoms with Crippen molar-refractivity contribution in [1.29, 1.82) is 0 Å². The van der Waals surface area contributed by atoms with Crippen LogP contribution in [0.2, 0.25) is 0 Å². The third-order valence-corrected chi connectivity index (χ3v) is 4.65. The number of nitrogens with two attached hydrogens (primary N) is 1. The SMILES string of the molecule is NC1(CC(=O)Nc2nc(C3CC3)cs2)CCCC1. The Morgan fingerprint density at radius 3 is 2.89 bits per heavy atom. The van der Waals surface area contributed by atoms with Crippen molar-refractivity contribution < 1.29 is 4.79 Å². The number of nitrogens with one attached hydrogen (secondary N) is 1. The van der Waals surface area contributed by atoms with Crippen LogP contribution in [0.4, 0.5) is 5.13 Å². The van der Waals surface area contributed by atoms with E-state index < -0.39 is 0 Å². The molecule has 18 heavy (non-hydrogen) atoms. The second-order valence-corrected chi connectivity index (χ2v) is 6.50. The normalized spacial score (nSPS) is 22.1. The molecule has 0 bridgehead atoms. The molecule has 0 aliphatic heterocycles. The van der Waals surface area contributed by atoms with E-state index in [4.69, 9.17) is 5.73 Å². The first kappa shape index (κ1) is 12.1. The van der Waals surface area contributed by atoms with Crippen molar-refractivity contribution in [1.82, 2.24) is 4.98 Å². The molecular formula is C13H19N3OS. The van der Waals surface area contributed by atoms with Gasteiger partial charge in [-0.3, -0.25) is 4.79 Å². The van der Waals surface area contributed by atoms with E-state index in [1.54, 1.807) is 0 Å². The Hall–Kier alpha value is -0.940. The van der Waals surface area contributed by atoms with E-state index in [1.165, 1.54) is 24.2 Å². The van der Waals surface area contributed by atoms with Gasteiger partial charge in [-0.15, -0.1) is 11.3 Å². The van der Waals surface area contributed by atoms with Gasteiger partial charge in [0.1, 0.15) is 0 Å². The molecule has 1 aromatic rings. The predicted molar refractivity (Wildman–Crippen MR) is 72.7 cm³/mol. The second-order valence-electron chi connectivity index (χ2n) is 5.65. The predicted octanol–water partition coefficient (Wildman–Crippen LogP) is 2.62. The Morgan fingerprint density at radius 2 is 2.22 bits per heavy atom. The highest BCUT2D eigenvalue weighted by molar-refractivity contribution is 7.13. The summed E-state index contributed by atoms with van der Waals surface area (Å²) >= 11 is 1.52. The fourth-order valence-corrected chi connectivity index (χ4v) is 3.46. The molecule has 2 saturated carbocycles. The molecule has 98 valence electrons. The van der Waals surface area contributed by atoms with E-state index in [0.717, 1.165) is 36.5 Å². The molecule has 1 heterocycles. The number of carbonyl (C=O) groups is 1. The van der Waals surface area contributed by atoms with Gasteiger partial charge in [-0.25, -0.2) is 4.98 Å². The van der Waals surface area contributed by atoms with Gasteiger partial charge in [0, 0.05) is 23.3 Å². The Balaban J connectivity index is 1.56. The highest BCUT2D eigenvalue weighted by atomic mass is 32.1. The van der Waals surface area contributed by atoms with Crippen LogP contribution < -0.4 is 11.1 Å². The fourth-order valence-electron chi connectivity index (χ4n) is 2.65. The topological polar surface area (TPSA) is 68.0 Å². The Labute approximate surface area is 111 Å². The van der Waals surface area contributed by atoms with Gasteiger partial charge in [0.15, 0.2) is 5.13 Å². The van der Waals surface area contributed by atoms with Gasteiger partial charge in [0.25, 0.3) is 0 Å². The van der Waals surface area contributed by atoms with Crippen LogP contribution in [0.1, 0.15) is 56.6 Å². The van der Waals surface area contributed by atoms with Crippen LogP contribution in [-0.4, -0.2) is 16.4 Å². The Kier molecular flexibility index (Phi) is 3.11. The fraction of sp³-hybridized carbons (Fsp3) is 0.692. The van der Waals surface area contributed by atoms with Gasteiger partial charge >= 0.3 is 0 Å². The van der Waals surface area contributed by atoms with Crippen LogP contribution in [0, 0.1) is 0 Å². The maximum absolute atomic E-state index is 11.9. The van der Waals surface area contributed by atoms with Gasteiger partial charge in [-0.1, -0.05) is 12.8 Å². The highest BCUT2D eigenvalue weighted by Gasteiger charge is 2.32. The van der Waals surface area contributed by atoms with Crippen LogP contribution in [0.15, 0.2) is 5.38 Å². The molecule has 1 amide bonds. The van der Waals surface area contributed by atoms with Gasteiger partial charge in [0.2, 0.25) is 5.91 Å². The van der Waals surface area contributed by atoms with Gasteiger partial charge in [-0.2, -0.15) is 0 Å². The molecular weight excluding hydrogens is 246 g/mol. The van der Waals surface area contributed by atoms with Gasteiger partial charge < -0.3 is 11.1 Å². The average molecular weight is 265 g/mol. The van der Waals surface area contributed by atoms with E-state index >= 15 is 0 Å². The lowest BCUT2D eigenvalue weighted by atomic mass is 9.94. The molecule has 2 aliphatic carbocycles. The molecule has 1 aromatic heterocycles. The first-order valence-electron chi connectivity index (χ1n) is 6.69. The van der Waals surface area contributed by atoms with Crippen LogP contribution in [0.25, 0.3) is 0 Å². The van der Waals surface area contributed by atoms with Crippen molar-refractivity contribution in [2.24, 2.45) is 5.73 Å². The van der Waals surface area contributed by atoms with E-state index in [0.29, 0.717) is 12.3 Å². The smallest absolute Gasteiger partial charge is 0.228 e. The molecule has 4 nitrogen and oxygen atoms in total. The number of rotatable bonds is 4. The Morgan fingerprint density at radius 1 is 1.50 bits per heavy atom. The standard InChI is InChI=1S/C13H19N3OS/c14-13(5-1-2-6-13)7-11(17)16-12-15-10(8-18-12)9-3-4-9/h8-9H,1-7,14H2,(H,15,16,17). The molecule has 5 heteroatoms. The minimum Gasteiger partial charge on any atom is -0.325 e. The van der Waals surface area contributed by atoms with E-state index in [9.17, 15) is 4.79 Å². The number of nitrogens with zero attached hydrogens (tertiary/aromatic N) is 1. The number of aromatic nitrogens is 1. The van der Waals surface area contributed by atoms with Crippen molar-refractivity contribution in [3.63, 3.8) is 0 Å². The molecule has 2 fully saturated rings. The summed E-state index contributed by atoms with van der Waals surface area (Å²) in [4.78, 5) is 16.4. The molecule has 2 aliphatic rings. The number of amides is 1. The minimum absolute atomic E-state index is 0.0103. The summed E-state index contributed by atoms with van der Waals surface area (Å²) in [5, 5.41) is 5.67. The lowest BCUT2D eigenvalue weighted by Crippen LogP contribution is -2.40. The van der Waals surface area contributed by atoms with Crippen molar-refractivity contribution in [3.8, 4) is 0 Å². The maximum Gasteiger partial charge on any atom is 0.228 e. The molecule has 0 radical (unpaired) electrons. The molecule has 0 unspecified atom stereocenters. The average Bonchev–Trinajstić information content (AvgIpc) is 2.93. The quantitative estimate of drug-likeness (QED) is 0.879. The van der Waals surface area contributed by atoms with Crippen LogP contribution in [0.5, 0.6) is 0 Å². The van der Waals surface area contributed by atoms with Crippen molar-refractivity contribution in [3.05, 3.63) is 11.1 Å². The summed E-state index contributed by atoms with van der Waals surface area (Å²) in [7, 11) is 0. The molecule has 0 spiro atoms. The summed E-state index contributed by atoms with van der Waals surface area (Å²) in [5.74, 6) is 0.652. The number of hydrogen-bond donors (Lipinski definition) is 2. The monoisotopic (exact) mass is 265 g/mol. The summed E-state index contributed by atoms with van der Waals surface area (Å²) in [5.41, 5.74) is 7.06. The highest BCUT2D eigenvalue weighted by Crippen LogP contribution is 2.41. The number of hydrogen-bond acceptors (Lipinski definition) is 4. The second kappa shape index (κ2) is 4.63. The summed E-state index contributed by atoms with van der Waals surface area (Å²) in [6.45, 7) is 0. The summed E-state index contributed by atoms with van der Waals surface area (Å²) < 4.78 is 0. The number of anilines is 1. The largest absolute Gasteiger partial charge is 0.325 e. The first-order chi connectivity index (χ1) is 8.65. The molecule has 3 N–H and O–H groups in total. The van der Waals surface area contributed by atoms with Crippen molar-refractivity contribution >= 4 is 22.4 Å². The van der Waals surface area contributed by atoms with E-state index in [1.807, 2.05) is 0 Å². The third kappa shape index (κ3) is 2.72. The van der Waals surface area contributed by atoms with Gasteiger partial charge in [0.05, 0.1) is 5.69 Å². The van der Waals surface area contributed by atoms with Crippen LogP contribution in [0.3, 0.4) is 0 Å². The molecule has 0 aromatic carbocycles. The first-order valence-corrected chi connectivity index (χ1v) is 7.57. The van der Waals surface area contributed by atoms with Gasteiger partial charge in [-0.05, 0) is 25.7 Å². The third-order valence-electron chi connectivity index (χ3n) is 3.88. The number of thiazole rings is 1. The lowest BCUT2D eigenvalue weighted by Gasteiger charge is -2.22. The summed E-state index contributed by atoms with van der Waals surface area (Å²) in [6, 6.07) is 0. The van der Waals surface area contributed by atoms with Crippen LogP contribution in [-0.2, 0) is 4.79 Å². The lowest BCUT2D eigenvalue weighted by molar-refractivity contribution is -0.117. The van der Waals surface area contributed by atoms with Crippen molar-refractivity contribution in [2.75, 3.05) is 5.32 Å². The number of carbonyl (C=O) groups excluding carboxylic acids is 1. The molecule has 0 atom stereocenters. The van der Waals surface area contributed by atoms with E-state index in [2.05, 4.69) is 15.7 Å². The molecule has 3 rings (SSSR count). The summed E-state index contributed by atoms with van der Waals surface area (Å²) in [6.07, 6.45) is 7.12. The zero-order chi connectivity index (χ0) is 12.6. The maximum atomic E-state index is 11.9. The van der Waals surface area contributed by atoms with Crippen LogP contribution >= 0.6 is 11.3 Å². The van der Waals surface area contributed by atoms with E-state index in [-0.39, 0.29) is 11.4 Å². The zero-order valence-electron chi connectivity index (χ0n) is 10.4. The zero-order valence-corrected chi connectivity index (χ0v) is 11.3. The minimum atomic E-state index is -0.277. The van der Waals surface area contributed by atoms with Crippen molar-refractivity contribution in [2.45, 2.75) is 56.4 Å². The Bertz CT molecular complexity index is 447. The molecule has 0 saturated heterocycles.